The molecule has 2 aromatic carbocycles. The SMILES string of the molecule is Cc1ccc(N2CCCC2)c(C(=O)NC(CO)c2cc(F)ccc2F)c1. The van der Waals surface area contributed by atoms with E-state index < -0.39 is 30.2 Å². The van der Waals surface area contributed by atoms with Gasteiger partial charge in [0.15, 0.2) is 0 Å². The lowest BCUT2D eigenvalue weighted by Gasteiger charge is -2.23. The van der Waals surface area contributed by atoms with Crippen LogP contribution in [0.1, 0.15) is 40.4 Å². The Labute approximate surface area is 151 Å². The van der Waals surface area contributed by atoms with Gasteiger partial charge in [0.2, 0.25) is 0 Å². The van der Waals surface area contributed by atoms with Crippen molar-refractivity contribution in [3.63, 3.8) is 0 Å². The molecule has 138 valence electrons. The van der Waals surface area contributed by atoms with Crippen molar-refractivity contribution in [2.24, 2.45) is 0 Å². The number of anilines is 1. The Morgan fingerprint density at radius 1 is 1.19 bits per heavy atom. The van der Waals surface area contributed by atoms with Crippen molar-refractivity contribution in [1.82, 2.24) is 5.32 Å². The zero-order valence-electron chi connectivity index (χ0n) is 14.6. The average molecular weight is 360 g/mol. The van der Waals surface area contributed by atoms with Crippen molar-refractivity contribution in [1.29, 1.82) is 0 Å². The third-order valence-electron chi connectivity index (χ3n) is 4.66. The number of carbonyl (C=O) groups is 1. The Morgan fingerprint density at radius 3 is 2.62 bits per heavy atom. The van der Waals surface area contributed by atoms with Gasteiger partial charge in [-0.3, -0.25) is 4.79 Å². The zero-order chi connectivity index (χ0) is 18.7. The molecule has 26 heavy (non-hydrogen) atoms. The molecule has 2 aromatic rings. The first-order valence-corrected chi connectivity index (χ1v) is 8.72. The fourth-order valence-electron chi connectivity index (χ4n) is 3.30. The molecule has 0 bridgehead atoms. The maximum Gasteiger partial charge on any atom is 0.253 e. The van der Waals surface area contributed by atoms with E-state index in [2.05, 4.69) is 10.2 Å². The van der Waals surface area contributed by atoms with Gasteiger partial charge in [-0.1, -0.05) is 11.6 Å². The fraction of sp³-hybridized carbons (Fsp3) is 0.350. The first-order chi connectivity index (χ1) is 12.5. The van der Waals surface area contributed by atoms with E-state index in [1.807, 2.05) is 19.1 Å². The summed E-state index contributed by atoms with van der Waals surface area (Å²) in [6.45, 7) is 3.12. The van der Waals surface area contributed by atoms with Crippen molar-refractivity contribution in [3.8, 4) is 0 Å². The van der Waals surface area contributed by atoms with Crippen LogP contribution >= 0.6 is 0 Å². The van der Waals surface area contributed by atoms with E-state index in [1.165, 1.54) is 0 Å². The zero-order valence-corrected chi connectivity index (χ0v) is 14.6. The highest BCUT2D eigenvalue weighted by Gasteiger charge is 2.23. The van der Waals surface area contributed by atoms with Gasteiger partial charge in [0, 0.05) is 24.3 Å². The van der Waals surface area contributed by atoms with E-state index in [9.17, 15) is 18.7 Å². The number of nitrogens with one attached hydrogen (secondary N) is 1. The topological polar surface area (TPSA) is 52.6 Å². The van der Waals surface area contributed by atoms with Crippen molar-refractivity contribution in [3.05, 3.63) is 64.7 Å². The minimum absolute atomic E-state index is 0.0729. The summed E-state index contributed by atoms with van der Waals surface area (Å²) in [6, 6.07) is 7.59. The number of rotatable bonds is 5. The first-order valence-electron chi connectivity index (χ1n) is 8.72. The second kappa shape index (κ2) is 7.83. The number of hydrogen-bond acceptors (Lipinski definition) is 3. The Balaban J connectivity index is 1.89. The molecule has 0 saturated carbocycles. The number of hydrogen-bond donors (Lipinski definition) is 2. The molecule has 1 atom stereocenters. The number of halogens is 2. The molecule has 2 N–H and O–H groups in total. The van der Waals surface area contributed by atoms with Gasteiger partial charge in [-0.2, -0.15) is 0 Å². The molecule has 1 heterocycles. The van der Waals surface area contributed by atoms with Crippen LogP contribution < -0.4 is 10.2 Å². The summed E-state index contributed by atoms with van der Waals surface area (Å²) in [5.74, 6) is -1.71. The van der Waals surface area contributed by atoms with Gasteiger partial charge in [-0.15, -0.1) is 0 Å². The van der Waals surface area contributed by atoms with E-state index in [0.29, 0.717) is 5.56 Å². The minimum Gasteiger partial charge on any atom is -0.394 e. The monoisotopic (exact) mass is 360 g/mol. The molecule has 1 fully saturated rings. The van der Waals surface area contributed by atoms with Crippen LogP contribution in [-0.4, -0.2) is 30.7 Å². The van der Waals surface area contributed by atoms with Crippen LogP contribution in [0.3, 0.4) is 0 Å². The van der Waals surface area contributed by atoms with E-state index in [-0.39, 0.29) is 5.56 Å². The van der Waals surface area contributed by atoms with Gasteiger partial charge >= 0.3 is 0 Å². The van der Waals surface area contributed by atoms with Crippen LogP contribution in [0.4, 0.5) is 14.5 Å². The molecule has 1 aliphatic heterocycles. The molecule has 4 nitrogen and oxygen atoms in total. The largest absolute Gasteiger partial charge is 0.394 e. The number of aliphatic hydroxyl groups is 1. The highest BCUT2D eigenvalue weighted by molar-refractivity contribution is 6.00. The standard InChI is InChI=1S/C20H22F2N2O2/c1-13-4-7-19(24-8-2-3-9-24)16(10-13)20(26)23-18(12-25)15-11-14(21)5-6-17(15)22/h4-7,10-11,18,25H,2-3,8-9,12H2,1H3,(H,23,26). The minimum atomic E-state index is -1.02. The number of carbonyl (C=O) groups excluding carboxylic acids is 1. The summed E-state index contributed by atoms with van der Waals surface area (Å²) in [5.41, 5.74) is 2.15. The maximum atomic E-state index is 14.0. The lowest BCUT2D eigenvalue weighted by molar-refractivity contribution is 0.0915. The summed E-state index contributed by atoms with van der Waals surface area (Å²) < 4.78 is 27.5. The lowest BCUT2D eigenvalue weighted by atomic mass is 10.0. The molecule has 1 saturated heterocycles. The first kappa shape index (κ1) is 18.3. The van der Waals surface area contributed by atoms with Crippen molar-refractivity contribution < 1.29 is 18.7 Å². The molecule has 3 rings (SSSR count). The van der Waals surface area contributed by atoms with Crippen molar-refractivity contribution in [2.75, 3.05) is 24.6 Å². The highest BCUT2D eigenvalue weighted by atomic mass is 19.1. The summed E-state index contributed by atoms with van der Waals surface area (Å²) in [6.07, 6.45) is 2.14. The highest BCUT2D eigenvalue weighted by Crippen LogP contribution is 2.27. The molecule has 0 aliphatic carbocycles. The molecule has 0 radical (unpaired) electrons. The number of aryl methyl sites for hydroxylation is 1. The lowest BCUT2D eigenvalue weighted by Crippen LogP contribution is -2.33. The van der Waals surface area contributed by atoms with Gasteiger partial charge < -0.3 is 15.3 Å². The summed E-state index contributed by atoms with van der Waals surface area (Å²) in [5, 5.41) is 12.2. The number of amides is 1. The van der Waals surface area contributed by atoms with Gasteiger partial charge in [0.25, 0.3) is 5.91 Å². The molecule has 0 aromatic heterocycles. The van der Waals surface area contributed by atoms with Gasteiger partial charge in [-0.05, 0) is 50.1 Å². The Hall–Kier alpha value is -2.47. The second-order valence-corrected chi connectivity index (χ2v) is 6.59. The smallest absolute Gasteiger partial charge is 0.253 e. The quantitative estimate of drug-likeness (QED) is 0.860. The molecular formula is C20H22F2N2O2. The normalized spacial score (nSPS) is 15.2. The maximum absolute atomic E-state index is 14.0. The predicted octanol–water partition coefficient (Wildman–Crippen LogP) is 3.34. The number of nitrogens with zero attached hydrogens (tertiary/aromatic N) is 1. The fourth-order valence-corrected chi connectivity index (χ4v) is 3.30. The van der Waals surface area contributed by atoms with Crippen LogP contribution in [0, 0.1) is 18.6 Å². The molecule has 1 amide bonds. The number of aliphatic hydroxyl groups excluding tert-OH is 1. The van der Waals surface area contributed by atoms with Crippen LogP contribution in [0.15, 0.2) is 36.4 Å². The molecule has 6 heteroatoms. The van der Waals surface area contributed by atoms with Crippen molar-refractivity contribution in [2.45, 2.75) is 25.8 Å². The Morgan fingerprint density at radius 2 is 1.92 bits per heavy atom. The van der Waals surface area contributed by atoms with Gasteiger partial charge in [0.1, 0.15) is 11.6 Å². The van der Waals surface area contributed by atoms with Crippen LogP contribution in [0.25, 0.3) is 0 Å². The van der Waals surface area contributed by atoms with Crippen LogP contribution in [0.2, 0.25) is 0 Å². The van der Waals surface area contributed by atoms with Gasteiger partial charge in [-0.25, -0.2) is 8.78 Å². The van der Waals surface area contributed by atoms with E-state index in [1.54, 1.807) is 6.07 Å². The second-order valence-electron chi connectivity index (χ2n) is 6.59. The van der Waals surface area contributed by atoms with Crippen LogP contribution in [0.5, 0.6) is 0 Å². The average Bonchev–Trinajstić information content (AvgIpc) is 3.16. The molecular weight excluding hydrogens is 338 g/mol. The predicted molar refractivity (Wildman–Crippen MR) is 96.3 cm³/mol. The van der Waals surface area contributed by atoms with E-state index in [0.717, 1.165) is 55.4 Å². The summed E-state index contributed by atoms with van der Waals surface area (Å²) in [7, 11) is 0. The Bertz CT molecular complexity index is 804. The summed E-state index contributed by atoms with van der Waals surface area (Å²) in [4.78, 5) is 15.0. The summed E-state index contributed by atoms with van der Waals surface area (Å²) >= 11 is 0. The molecule has 0 spiro atoms. The third-order valence-corrected chi connectivity index (χ3v) is 4.66. The number of benzene rings is 2. The van der Waals surface area contributed by atoms with E-state index in [4.69, 9.17) is 0 Å². The van der Waals surface area contributed by atoms with Gasteiger partial charge in [0.05, 0.1) is 18.2 Å². The van der Waals surface area contributed by atoms with E-state index >= 15 is 0 Å². The Kier molecular flexibility index (Phi) is 5.52. The third kappa shape index (κ3) is 3.85. The van der Waals surface area contributed by atoms with Crippen molar-refractivity contribution >= 4 is 11.6 Å². The molecule has 1 aliphatic rings. The van der Waals surface area contributed by atoms with Crippen LogP contribution in [-0.2, 0) is 0 Å². The molecule has 1 unspecified atom stereocenters.